The fourth-order valence-electron chi connectivity index (χ4n) is 1.76. The van der Waals surface area contributed by atoms with Crippen molar-refractivity contribution in [1.29, 1.82) is 0 Å². The van der Waals surface area contributed by atoms with Crippen LogP contribution >= 0.6 is 12.6 Å². The fourth-order valence-corrected chi connectivity index (χ4v) is 2.01. The average Bonchev–Trinajstić information content (AvgIpc) is 2.57. The molecule has 10 nitrogen and oxygen atoms in total. The molecule has 25 heavy (non-hydrogen) atoms. The van der Waals surface area contributed by atoms with Crippen molar-refractivity contribution < 1.29 is 24.3 Å². The van der Waals surface area contributed by atoms with Gasteiger partial charge in [-0.15, -0.1) is 0 Å². The first-order valence-corrected chi connectivity index (χ1v) is 8.52. The molecule has 0 aromatic heterocycles. The first-order chi connectivity index (χ1) is 11.7. The molecule has 3 amide bonds. The summed E-state index contributed by atoms with van der Waals surface area (Å²) in [5.74, 6) is -2.94. The Hall–Kier alpha value is -1.85. The van der Waals surface area contributed by atoms with E-state index in [1.54, 1.807) is 0 Å². The summed E-state index contributed by atoms with van der Waals surface area (Å²) in [6, 6.07) is -2.79. The number of hydrogen-bond donors (Lipinski definition) is 7. The van der Waals surface area contributed by atoms with Crippen LogP contribution in [0.15, 0.2) is 0 Å². The molecule has 0 heterocycles. The number of thiol groups is 1. The van der Waals surface area contributed by atoms with Crippen LogP contribution in [0.25, 0.3) is 0 Å². The number of nitrogens with one attached hydrogen (secondary N) is 3. The van der Waals surface area contributed by atoms with Crippen LogP contribution in [-0.2, 0) is 19.2 Å². The Morgan fingerprint density at radius 3 is 2.28 bits per heavy atom. The molecule has 0 radical (unpaired) electrons. The van der Waals surface area contributed by atoms with Gasteiger partial charge in [0, 0.05) is 5.75 Å². The Bertz CT molecular complexity index is 477. The number of rotatable bonds is 12. The van der Waals surface area contributed by atoms with Gasteiger partial charge in [-0.3, -0.25) is 19.2 Å². The van der Waals surface area contributed by atoms with E-state index in [2.05, 4.69) is 28.6 Å². The number of nitrogens with two attached hydrogens (primary N) is 2. The monoisotopic (exact) mass is 377 g/mol. The van der Waals surface area contributed by atoms with Gasteiger partial charge in [-0.2, -0.15) is 12.6 Å². The molecule has 0 fully saturated rings. The van der Waals surface area contributed by atoms with Crippen molar-refractivity contribution in [2.75, 3.05) is 18.8 Å². The standard InChI is InChI=1S/C14H27N5O5S/c1-8(14(23)24)18-11(20)6-17-13(22)10(7-25)19-12(21)9(16)4-2-3-5-15/h8-10,25H,2-7,15-16H2,1H3,(H,17,22)(H,18,20)(H,19,21)(H,23,24). The van der Waals surface area contributed by atoms with Crippen LogP contribution in [0.5, 0.6) is 0 Å². The lowest BCUT2D eigenvalue weighted by Crippen LogP contribution is -2.54. The van der Waals surface area contributed by atoms with E-state index in [-0.39, 0.29) is 5.75 Å². The maximum atomic E-state index is 12.0. The van der Waals surface area contributed by atoms with Crippen LogP contribution in [-0.4, -0.2) is 65.8 Å². The molecule has 0 aliphatic heterocycles. The van der Waals surface area contributed by atoms with Gasteiger partial charge in [0.25, 0.3) is 0 Å². The van der Waals surface area contributed by atoms with Crippen molar-refractivity contribution in [1.82, 2.24) is 16.0 Å². The summed E-state index contributed by atoms with van der Waals surface area (Å²) in [6.07, 6.45) is 1.89. The predicted molar refractivity (Wildman–Crippen MR) is 94.9 cm³/mol. The van der Waals surface area contributed by atoms with E-state index in [1.807, 2.05) is 0 Å². The van der Waals surface area contributed by atoms with Gasteiger partial charge < -0.3 is 32.5 Å². The molecule has 0 aliphatic carbocycles. The van der Waals surface area contributed by atoms with Crippen molar-refractivity contribution in [3.63, 3.8) is 0 Å². The van der Waals surface area contributed by atoms with Gasteiger partial charge in [0.15, 0.2) is 0 Å². The largest absolute Gasteiger partial charge is 0.480 e. The van der Waals surface area contributed by atoms with Crippen molar-refractivity contribution in [3.05, 3.63) is 0 Å². The van der Waals surface area contributed by atoms with Crippen LogP contribution in [0.2, 0.25) is 0 Å². The lowest BCUT2D eigenvalue weighted by Gasteiger charge is -2.19. The molecule has 0 bridgehead atoms. The zero-order valence-corrected chi connectivity index (χ0v) is 15.1. The van der Waals surface area contributed by atoms with Crippen molar-refractivity contribution >= 4 is 36.3 Å². The van der Waals surface area contributed by atoms with Crippen molar-refractivity contribution in [3.8, 4) is 0 Å². The van der Waals surface area contributed by atoms with Gasteiger partial charge in [-0.1, -0.05) is 6.42 Å². The zero-order chi connectivity index (χ0) is 19.4. The Balaban J connectivity index is 4.35. The minimum absolute atomic E-state index is 0.0141. The topological polar surface area (TPSA) is 177 Å². The second-order valence-electron chi connectivity index (χ2n) is 5.48. The molecule has 3 unspecified atom stereocenters. The number of amides is 3. The first kappa shape index (κ1) is 23.1. The molecule has 0 aromatic carbocycles. The highest BCUT2D eigenvalue weighted by Gasteiger charge is 2.23. The van der Waals surface area contributed by atoms with Gasteiger partial charge >= 0.3 is 5.97 Å². The number of carboxylic acids is 1. The minimum atomic E-state index is -1.19. The quantitative estimate of drug-likeness (QED) is 0.146. The maximum absolute atomic E-state index is 12.0. The highest BCUT2D eigenvalue weighted by atomic mass is 32.1. The summed E-state index contributed by atoms with van der Waals surface area (Å²) in [5, 5.41) is 15.6. The van der Waals surface area contributed by atoms with E-state index in [0.717, 1.165) is 6.42 Å². The second kappa shape index (κ2) is 12.5. The summed E-state index contributed by atoms with van der Waals surface area (Å²) in [7, 11) is 0. The van der Waals surface area contributed by atoms with E-state index >= 15 is 0 Å². The van der Waals surface area contributed by atoms with Gasteiger partial charge in [0.05, 0.1) is 12.6 Å². The van der Waals surface area contributed by atoms with Crippen LogP contribution in [0.4, 0.5) is 0 Å². The number of unbranched alkanes of at least 4 members (excludes halogenated alkanes) is 1. The van der Waals surface area contributed by atoms with Crippen LogP contribution in [0.1, 0.15) is 26.2 Å². The lowest BCUT2D eigenvalue weighted by atomic mass is 10.1. The molecule has 8 N–H and O–H groups in total. The summed E-state index contributed by atoms with van der Waals surface area (Å²) < 4.78 is 0. The average molecular weight is 377 g/mol. The van der Waals surface area contributed by atoms with E-state index in [4.69, 9.17) is 16.6 Å². The second-order valence-corrected chi connectivity index (χ2v) is 5.85. The molecular weight excluding hydrogens is 350 g/mol. The van der Waals surface area contributed by atoms with E-state index in [9.17, 15) is 19.2 Å². The normalized spacial score (nSPS) is 14.1. The Kier molecular flexibility index (Phi) is 11.6. The third kappa shape index (κ3) is 9.89. The molecule has 0 saturated heterocycles. The maximum Gasteiger partial charge on any atom is 0.325 e. The third-order valence-electron chi connectivity index (χ3n) is 3.29. The van der Waals surface area contributed by atoms with E-state index in [0.29, 0.717) is 19.4 Å². The van der Waals surface area contributed by atoms with Crippen LogP contribution < -0.4 is 27.4 Å². The molecule has 3 atom stereocenters. The zero-order valence-electron chi connectivity index (χ0n) is 14.2. The van der Waals surface area contributed by atoms with Crippen molar-refractivity contribution in [2.45, 2.75) is 44.3 Å². The number of carboxylic acid groups (broad SMARTS) is 1. The van der Waals surface area contributed by atoms with Crippen LogP contribution in [0.3, 0.4) is 0 Å². The molecule has 0 aromatic rings. The van der Waals surface area contributed by atoms with Gasteiger partial charge in [0.2, 0.25) is 17.7 Å². The molecule has 144 valence electrons. The number of hydrogen-bond acceptors (Lipinski definition) is 7. The molecule has 0 spiro atoms. The molecular formula is C14H27N5O5S. The summed E-state index contributed by atoms with van der Waals surface area (Å²) in [4.78, 5) is 46.1. The SMILES string of the molecule is CC(NC(=O)CNC(=O)C(CS)NC(=O)C(N)CCCCN)C(=O)O. The van der Waals surface area contributed by atoms with Gasteiger partial charge in [-0.05, 0) is 26.3 Å². The molecule has 0 aliphatic rings. The van der Waals surface area contributed by atoms with Gasteiger partial charge in [0.1, 0.15) is 12.1 Å². The number of carbonyl (C=O) groups is 4. The smallest absolute Gasteiger partial charge is 0.325 e. The summed E-state index contributed by atoms with van der Waals surface area (Å²) in [6.45, 7) is 1.39. The Morgan fingerprint density at radius 2 is 1.76 bits per heavy atom. The predicted octanol–water partition coefficient (Wildman–Crippen LogP) is -2.44. The third-order valence-corrected chi connectivity index (χ3v) is 3.66. The Labute approximate surface area is 151 Å². The minimum Gasteiger partial charge on any atom is -0.480 e. The lowest BCUT2D eigenvalue weighted by molar-refractivity contribution is -0.141. The van der Waals surface area contributed by atoms with Gasteiger partial charge in [-0.25, -0.2) is 0 Å². The summed E-state index contributed by atoms with van der Waals surface area (Å²) in [5.41, 5.74) is 11.1. The van der Waals surface area contributed by atoms with E-state index in [1.165, 1.54) is 6.92 Å². The fraction of sp³-hybridized carbons (Fsp3) is 0.714. The molecule has 0 rings (SSSR count). The summed E-state index contributed by atoms with van der Waals surface area (Å²) >= 11 is 4.00. The highest BCUT2D eigenvalue weighted by molar-refractivity contribution is 7.80. The van der Waals surface area contributed by atoms with Crippen molar-refractivity contribution in [2.24, 2.45) is 11.5 Å². The number of aliphatic carboxylic acids is 1. The molecule has 11 heteroatoms. The first-order valence-electron chi connectivity index (χ1n) is 7.89. The highest BCUT2D eigenvalue weighted by Crippen LogP contribution is 1.99. The van der Waals surface area contributed by atoms with E-state index < -0.39 is 48.4 Å². The number of carbonyl (C=O) groups excluding carboxylic acids is 3. The van der Waals surface area contributed by atoms with Crippen LogP contribution in [0, 0.1) is 0 Å². The molecule has 0 saturated carbocycles. The Morgan fingerprint density at radius 1 is 1.12 bits per heavy atom.